The summed E-state index contributed by atoms with van der Waals surface area (Å²) in [5.41, 5.74) is 5.34. The van der Waals surface area contributed by atoms with E-state index in [-0.39, 0.29) is 24.3 Å². The standard InChI is InChI=1S/C12H12F2N2O3/c1-2-18-11(17)10-8(6-16)7(5-15)3-4-9(10)19-12(13)14/h3-4,12H,2,5,15H2,1H3. The monoisotopic (exact) mass is 270 g/mol. The minimum atomic E-state index is -3.11. The summed E-state index contributed by atoms with van der Waals surface area (Å²) in [5.74, 6) is -1.30. The van der Waals surface area contributed by atoms with Gasteiger partial charge >= 0.3 is 12.6 Å². The van der Waals surface area contributed by atoms with Gasteiger partial charge in [-0.15, -0.1) is 0 Å². The van der Waals surface area contributed by atoms with Gasteiger partial charge < -0.3 is 15.2 Å². The molecule has 0 unspecified atom stereocenters. The Kier molecular flexibility index (Phi) is 5.21. The molecule has 0 aliphatic carbocycles. The highest BCUT2D eigenvalue weighted by molar-refractivity contribution is 5.95. The van der Waals surface area contributed by atoms with Crippen LogP contribution in [0.25, 0.3) is 0 Å². The van der Waals surface area contributed by atoms with Gasteiger partial charge in [0, 0.05) is 6.54 Å². The molecule has 19 heavy (non-hydrogen) atoms. The van der Waals surface area contributed by atoms with Crippen LogP contribution in [0.2, 0.25) is 0 Å². The van der Waals surface area contributed by atoms with Gasteiger partial charge in [0.1, 0.15) is 17.4 Å². The zero-order valence-electron chi connectivity index (χ0n) is 10.2. The van der Waals surface area contributed by atoms with Crippen molar-refractivity contribution < 1.29 is 23.0 Å². The molecule has 102 valence electrons. The summed E-state index contributed by atoms with van der Waals surface area (Å²) in [4.78, 5) is 11.8. The number of carbonyl (C=O) groups is 1. The average molecular weight is 270 g/mol. The SMILES string of the molecule is CCOC(=O)c1c(OC(F)F)ccc(CN)c1C#N. The summed E-state index contributed by atoms with van der Waals surface area (Å²) in [6.07, 6.45) is 0. The van der Waals surface area contributed by atoms with Crippen LogP contribution in [0.1, 0.15) is 28.4 Å². The van der Waals surface area contributed by atoms with Crippen molar-refractivity contribution in [3.8, 4) is 11.8 Å². The molecule has 0 atom stereocenters. The number of carbonyl (C=O) groups excluding carboxylic acids is 1. The number of hydrogen-bond donors (Lipinski definition) is 1. The first-order chi connectivity index (χ1) is 9.04. The number of nitriles is 1. The molecule has 0 bridgehead atoms. The molecule has 0 aliphatic rings. The summed E-state index contributed by atoms with van der Waals surface area (Å²) in [6, 6.07) is 4.29. The minimum absolute atomic E-state index is 0.00967. The van der Waals surface area contributed by atoms with E-state index in [4.69, 9.17) is 15.7 Å². The molecule has 1 aromatic carbocycles. The van der Waals surface area contributed by atoms with E-state index < -0.39 is 18.3 Å². The van der Waals surface area contributed by atoms with Crippen LogP contribution in [0.5, 0.6) is 5.75 Å². The summed E-state index contributed by atoms with van der Waals surface area (Å²) in [7, 11) is 0. The lowest BCUT2D eigenvalue weighted by atomic mass is 10.0. The van der Waals surface area contributed by atoms with Crippen LogP contribution in [-0.2, 0) is 11.3 Å². The summed E-state index contributed by atoms with van der Waals surface area (Å²) < 4.78 is 33.5. The molecule has 0 aliphatic heterocycles. The van der Waals surface area contributed by atoms with E-state index in [1.54, 1.807) is 13.0 Å². The maximum absolute atomic E-state index is 12.3. The number of alkyl halides is 2. The second-order valence-corrected chi connectivity index (χ2v) is 3.39. The van der Waals surface area contributed by atoms with Gasteiger partial charge in [0.05, 0.1) is 12.2 Å². The molecule has 0 saturated carbocycles. The number of hydrogen-bond acceptors (Lipinski definition) is 5. The first-order valence-corrected chi connectivity index (χ1v) is 5.43. The van der Waals surface area contributed by atoms with Crippen molar-refractivity contribution in [2.75, 3.05) is 6.61 Å². The normalized spacial score (nSPS) is 10.1. The summed E-state index contributed by atoms with van der Waals surface area (Å²) in [5, 5.41) is 9.05. The molecule has 0 saturated heterocycles. The molecule has 0 heterocycles. The van der Waals surface area contributed by atoms with Crippen LogP contribution in [0.4, 0.5) is 8.78 Å². The molecule has 0 fully saturated rings. The largest absolute Gasteiger partial charge is 0.462 e. The Bertz CT molecular complexity index is 512. The van der Waals surface area contributed by atoms with Gasteiger partial charge in [-0.3, -0.25) is 0 Å². The maximum atomic E-state index is 12.3. The van der Waals surface area contributed by atoms with Crippen molar-refractivity contribution in [3.05, 3.63) is 28.8 Å². The second kappa shape index (κ2) is 6.66. The molecular weight excluding hydrogens is 258 g/mol. The van der Waals surface area contributed by atoms with E-state index in [1.807, 2.05) is 0 Å². The lowest BCUT2D eigenvalue weighted by Gasteiger charge is -2.13. The Morgan fingerprint density at radius 2 is 2.21 bits per heavy atom. The lowest BCUT2D eigenvalue weighted by Crippen LogP contribution is -2.14. The van der Waals surface area contributed by atoms with Gasteiger partial charge in [0.15, 0.2) is 0 Å². The molecule has 7 heteroatoms. The second-order valence-electron chi connectivity index (χ2n) is 3.39. The van der Waals surface area contributed by atoms with Crippen molar-refractivity contribution in [3.63, 3.8) is 0 Å². The number of nitrogens with zero attached hydrogens (tertiary/aromatic N) is 1. The van der Waals surface area contributed by atoms with Gasteiger partial charge in [-0.2, -0.15) is 14.0 Å². The van der Waals surface area contributed by atoms with E-state index in [0.717, 1.165) is 0 Å². The van der Waals surface area contributed by atoms with Crippen molar-refractivity contribution in [2.24, 2.45) is 5.73 Å². The maximum Gasteiger partial charge on any atom is 0.387 e. The van der Waals surface area contributed by atoms with Crippen LogP contribution in [-0.4, -0.2) is 19.2 Å². The fraction of sp³-hybridized carbons (Fsp3) is 0.333. The van der Waals surface area contributed by atoms with Gasteiger partial charge in [-0.25, -0.2) is 4.79 Å². The minimum Gasteiger partial charge on any atom is -0.462 e. The van der Waals surface area contributed by atoms with E-state index in [0.29, 0.717) is 5.56 Å². The van der Waals surface area contributed by atoms with Gasteiger partial charge in [-0.05, 0) is 18.6 Å². The molecule has 0 radical (unpaired) electrons. The van der Waals surface area contributed by atoms with E-state index in [1.165, 1.54) is 12.1 Å². The fourth-order valence-corrected chi connectivity index (χ4v) is 1.52. The number of halogens is 2. The quantitative estimate of drug-likeness (QED) is 0.824. The Balaban J connectivity index is 3.40. The van der Waals surface area contributed by atoms with Crippen LogP contribution >= 0.6 is 0 Å². The molecule has 0 aromatic heterocycles. The third kappa shape index (κ3) is 3.39. The summed E-state index contributed by atoms with van der Waals surface area (Å²) in [6.45, 7) is -1.51. The van der Waals surface area contributed by atoms with Crippen LogP contribution in [0, 0.1) is 11.3 Å². The molecule has 5 nitrogen and oxygen atoms in total. The molecule has 1 aromatic rings. The van der Waals surface area contributed by atoms with Gasteiger partial charge in [-0.1, -0.05) is 6.07 Å². The molecule has 1 rings (SSSR count). The number of nitrogens with two attached hydrogens (primary N) is 1. The average Bonchev–Trinajstić information content (AvgIpc) is 2.37. The Hall–Kier alpha value is -2.20. The first kappa shape index (κ1) is 14.9. The topological polar surface area (TPSA) is 85.3 Å². The highest BCUT2D eigenvalue weighted by Crippen LogP contribution is 2.27. The van der Waals surface area contributed by atoms with E-state index >= 15 is 0 Å². The van der Waals surface area contributed by atoms with Crippen molar-refractivity contribution in [2.45, 2.75) is 20.1 Å². The number of benzene rings is 1. The highest BCUT2D eigenvalue weighted by atomic mass is 19.3. The Morgan fingerprint density at radius 3 is 2.68 bits per heavy atom. The predicted molar refractivity (Wildman–Crippen MR) is 61.6 cm³/mol. The van der Waals surface area contributed by atoms with Crippen molar-refractivity contribution in [1.82, 2.24) is 0 Å². The van der Waals surface area contributed by atoms with Crippen LogP contribution < -0.4 is 10.5 Å². The van der Waals surface area contributed by atoms with E-state index in [9.17, 15) is 13.6 Å². The van der Waals surface area contributed by atoms with Crippen LogP contribution in [0.15, 0.2) is 12.1 Å². The number of rotatable bonds is 5. The molecule has 0 spiro atoms. The van der Waals surface area contributed by atoms with Gasteiger partial charge in [0.25, 0.3) is 0 Å². The smallest absolute Gasteiger partial charge is 0.387 e. The molecule has 0 amide bonds. The Labute approximate surface area is 108 Å². The van der Waals surface area contributed by atoms with Gasteiger partial charge in [0.2, 0.25) is 0 Å². The Morgan fingerprint density at radius 1 is 1.53 bits per heavy atom. The zero-order chi connectivity index (χ0) is 14.4. The van der Waals surface area contributed by atoms with Crippen LogP contribution in [0.3, 0.4) is 0 Å². The van der Waals surface area contributed by atoms with E-state index in [2.05, 4.69) is 4.74 Å². The third-order valence-electron chi connectivity index (χ3n) is 2.28. The first-order valence-electron chi connectivity index (χ1n) is 5.43. The van der Waals surface area contributed by atoms with Crippen molar-refractivity contribution >= 4 is 5.97 Å². The predicted octanol–water partition coefficient (Wildman–Crippen LogP) is 1.80. The lowest BCUT2D eigenvalue weighted by molar-refractivity contribution is -0.0504. The highest BCUT2D eigenvalue weighted by Gasteiger charge is 2.23. The molecular formula is C12H12F2N2O3. The number of ether oxygens (including phenoxy) is 2. The fourth-order valence-electron chi connectivity index (χ4n) is 1.52. The summed E-state index contributed by atoms with van der Waals surface area (Å²) >= 11 is 0. The third-order valence-corrected chi connectivity index (χ3v) is 2.28. The molecule has 2 N–H and O–H groups in total. The van der Waals surface area contributed by atoms with Crippen molar-refractivity contribution in [1.29, 1.82) is 5.26 Å². The zero-order valence-corrected chi connectivity index (χ0v) is 10.2. The number of esters is 1.